The van der Waals surface area contributed by atoms with Gasteiger partial charge in [-0.05, 0) is 87.4 Å². The molecule has 0 unspecified atom stereocenters. The Morgan fingerprint density at radius 2 is 1.64 bits per heavy atom. The third-order valence-electron chi connectivity index (χ3n) is 8.42. The summed E-state index contributed by atoms with van der Waals surface area (Å²) in [5, 5.41) is 32.4. The Balaban J connectivity index is 1.34. The molecule has 3 N–H and O–H groups in total. The number of aromatic hydroxyl groups is 2. The monoisotopic (exact) mass is 574 g/mol. The highest BCUT2D eigenvalue weighted by Crippen LogP contribution is 2.38. The van der Waals surface area contributed by atoms with Crippen LogP contribution in [0, 0.1) is 5.92 Å². The molecule has 10 heteroatoms. The van der Waals surface area contributed by atoms with Gasteiger partial charge in [0.25, 0.3) is 5.91 Å². The Hall–Kier alpha value is -3.92. The Kier molecular flexibility index (Phi) is 9.11. The second kappa shape index (κ2) is 12.9. The minimum Gasteiger partial charge on any atom is -0.508 e. The Morgan fingerprint density at radius 3 is 2.29 bits per heavy atom. The molecule has 0 atom stereocenters. The van der Waals surface area contributed by atoms with E-state index in [1.165, 1.54) is 12.5 Å². The molecule has 0 aliphatic carbocycles. The standard InChI is InChI=1S/C32H42N6O4/c1-4-33-31(41)30-35-34-29(26-18-25(21(2)3)27(39)19-28(26)40)38(30)24-10-8-22(9-11-24)20-36-16-12-23(13-17-36)32(42)37-14-6-5-7-15-37/h8-11,18-19,21,23,39-40H,4-7,12-17,20H2,1-3H3,(H,33,41). The summed E-state index contributed by atoms with van der Waals surface area (Å²) < 4.78 is 1.64. The number of carbonyl (C=O) groups excluding carboxylic acids is 2. The second-order valence-corrected chi connectivity index (χ2v) is 11.7. The lowest BCUT2D eigenvalue weighted by atomic mass is 9.94. The van der Waals surface area contributed by atoms with E-state index in [1.807, 2.05) is 45.0 Å². The van der Waals surface area contributed by atoms with Crippen LogP contribution < -0.4 is 5.32 Å². The fourth-order valence-electron chi connectivity index (χ4n) is 6.04. The summed E-state index contributed by atoms with van der Waals surface area (Å²) >= 11 is 0. The van der Waals surface area contributed by atoms with Gasteiger partial charge < -0.3 is 20.4 Å². The number of amides is 2. The van der Waals surface area contributed by atoms with Crippen molar-refractivity contribution in [1.82, 2.24) is 29.9 Å². The number of piperidine rings is 2. The Morgan fingerprint density at radius 1 is 0.952 bits per heavy atom. The fourth-order valence-corrected chi connectivity index (χ4v) is 6.04. The molecule has 2 aliphatic rings. The average molecular weight is 575 g/mol. The molecule has 2 saturated heterocycles. The summed E-state index contributed by atoms with van der Waals surface area (Å²) in [6.07, 6.45) is 5.25. The summed E-state index contributed by atoms with van der Waals surface area (Å²) in [5.74, 6) is 0.390. The maximum Gasteiger partial charge on any atom is 0.289 e. The zero-order chi connectivity index (χ0) is 29.8. The first-order valence-electron chi connectivity index (χ1n) is 15.2. The van der Waals surface area contributed by atoms with Crippen LogP contribution in [0.5, 0.6) is 11.5 Å². The molecule has 0 radical (unpaired) electrons. The van der Waals surface area contributed by atoms with Gasteiger partial charge in [-0.2, -0.15) is 0 Å². The van der Waals surface area contributed by atoms with Crippen molar-refractivity contribution in [3.8, 4) is 28.6 Å². The van der Waals surface area contributed by atoms with E-state index in [-0.39, 0.29) is 35.1 Å². The van der Waals surface area contributed by atoms with E-state index in [0.29, 0.717) is 35.1 Å². The lowest BCUT2D eigenvalue weighted by Crippen LogP contribution is -2.44. The topological polar surface area (TPSA) is 124 Å². The highest BCUT2D eigenvalue weighted by molar-refractivity contribution is 5.92. The summed E-state index contributed by atoms with van der Waals surface area (Å²) in [6.45, 7) is 10.5. The number of carbonyl (C=O) groups is 2. The molecule has 3 aromatic rings. The van der Waals surface area contributed by atoms with Crippen molar-refractivity contribution in [1.29, 1.82) is 0 Å². The molecule has 2 amide bonds. The van der Waals surface area contributed by atoms with Crippen LogP contribution in [0.4, 0.5) is 0 Å². The minimum atomic E-state index is -0.371. The van der Waals surface area contributed by atoms with E-state index < -0.39 is 0 Å². The number of hydrogen-bond acceptors (Lipinski definition) is 7. The fraction of sp³-hybridized carbons (Fsp3) is 0.500. The number of rotatable bonds is 8. The lowest BCUT2D eigenvalue weighted by molar-refractivity contribution is -0.138. The van der Waals surface area contributed by atoms with Crippen molar-refractivity contribution < 1.29 is 19.8 Å². The predicted molar refractivity (Wildman–Crippen MR) is 161 cm³/mol. The maximum atomic E-state index is 12.9. The first kappa shape index (κ1) is 29.6. The molecule has 2 aromatic carbocycles. The molecule has 10 nitrogen and oxygen atoms in total. The van der Waals surface area contributed by atoms with Gasteiger partial charge in [0.1, 0.15) is 11.5 Å². The molecular formula is C32H42N6O4. The van der Waals surface area contributed by atoms with Gasteiger partial charge in [-0.25, -0.2) is 0 Å². The number of benzene rings is 2. The van der Waals surface area contributed by atoms with Gasteiger partial charge in [0.2, 0.25) is 11.7 Å². The summed E-state index contributed by atoms with van der Waals surface area (Å²) in [7, 11) is 0. The molecular weight excluding hydrogens is 532 g/mol. The van der Waals surface area contributed by atoms with E-state index in [1.54, 1.807) is 10.6 Å². The van der Waals surface area contributed by atoms with Crippen molar-refractivity contribution in [3.63, 3.8) is 0 Å². The van der Waals surface area contributed by atoms with E-state index in [4.69, 9.17) is 0 Å². The zero-order valence-electron chi connectivity index (χ0n) is 24.8. The van der Waals surface area contributed by atoms with Crippen LogP contribution in [0.3, 0.4) is 0 Å². The molecule has 0 bridgehead atoms. The average Bonchev–Trinajstić information content (AvgIpc) is 3.43. The summed E-state index contributed by atoms with van der Waals surface area (Å²) in [5.41, 5.74) is 2.85. The van der Waals surface area contributed by atoms with Gasteiger partial charge in [0.15, 0.2) is 5.82 Å². The normalized spacial score (nSPS) is 16.6. The number of hydrogen-bond donors (Lipinski definition) is 3. The quantitative estimate of drug-likeness (QED) is 0.363. The van der Waals surface area contributed by atoms with Crippen molar-refractivity contribution >= 4 is 11.8 Å². The smallest absolute Gasteiger partial charge is 0.289 e. The third kappa shape index (κ3) is 6.28. The van der Waals surface area contributed by atoms with Gasteiger partial charge in [0.05, 0.1) is 5.56 Å². The van der Waals surface area contributed by atoms with E-state index in [0.717, 1.165) is 64.0 Å². The van der Waals surface area contributed by atoms with E-state index >= 15 is 0 Å². The van der Waals surface area contributed by atoms with Crippen LogP contribution in [0.2, 0.25) is 0 Å². The minimum absolute atomic E-state index is 0.00510. The number of aromatic nitrogens is 3. The first-order valence-corrected chi connectivity index (χ1v) is 15.2. The highest BCUT2D eigenvalue weighted by atomic mass is 16.3. The van der Waals surface area contributed by atoms with Crippen molar-refractivity contribution in [2.24, 2.45) is 5.92 Å². The number of phenols is 2. The van der Waals surface area contributed by atoms with Gasteiger partial charge >= 0.3 is 0 Å². The van der Waals surface area contributed by atoms with Gasteiger partial charge in [-0.15, -0.1) is 10.2 Å². The van der Waals surface area contributed by atoms with Crippen molar-refractivity contribution in [2.75, 3.05) is 32.7 Å². The summed E-state index contributed by atoms with van der Waals surface area (Å²) in [4.78, 5) is 30.3. The van der Waals surface area contributed by atoms with Gasteiger partial charge in [-0.1, -0.05) is 26.0 Å². The van der Waals surface area contributed by atoms with Crippen molar-refractivity contribution in [3.05, 3.63) is 53.3 Å². The number of nitrogens with zero attached hydrogens (tertiary/aromatic N) is 5. The molecule has 2 fully saturated rings. The molecule has 2 aliphatic heterocycles. The molecule has 5 rings (SSSR count). The van der Waals surface area contributed by atoms with Crippen LogP contribution in [-0.2, 0) is 11.3 Å². The van der Waals surface area contributed by atoms with Gasteiger partial charge in [0, 0.05) is 43.9 Å². The molecule has 3 heterocycles. The van der Waals surface area contributed by atoms with E-state index in [9.17, 15) is 19.8 Å². The molecule has 1 aromatic heterocycles. The first-order chi connectivity index (χ1) is 20.3. The summed E-state index contributed by atoms with van der Waals surface area (Å²) in [6, 6.07) is 10.9. The number of nitrogens with one attached hydrogen (secondary N) is 1. The zero-order valence-corrected chi connectivity index (χ0v) is 24.8. The Bertz CT molecular complexity index is 1400. The largest absolute Gasteiger partial charge is 0.508 e. The lowest BCUT2D eigenvalue weighted by Gasteiger charge is -2.35. The van der Waals surface area contributed by atoms with Crippen LogP contribution in [-0.4, -0.2) is 79.3 Å². The number of phenolic OH excluding ortho intramolecular Hbond substituents is 2. The molecule has 0 saturated carbocycles. The van der Waals surface area contributed by atoms with Crippen LogP contribution in [0.15, 0.2) is 36.4 Å². The van der Waals surface area contributed by atoms with Crippen LogP contribution in [0.1, 0.15) is 80.5 Å². The van der Waals surface area contributed by atoms with E-state index in [2.05, 4.69) is 25.3 Å². The predicted octanol–water partition coefficient (Wildman–Crippen LogP) is 4.44. The van der Waals surface area contributed by atoms with Gasteiger partial charge in [-0.3, -0.25) is 19.1 Å². The second-order valence-electron chi connectivity index (χ2n) is 11.7. The Labute approximate surface area is 247 Å². The maximum absolute atomic E-state index is 12.9. The molecule has 0 spiro atoms. The van der Waals surface area contributed by atoms with Crippen LogP contribution >= 0.6 is 0 Å². The highest BCUT2D eigenvalue weighted by Gasteiger charge is 2.29. The third-order valence-corrected chi connectivity index (χ3v) is 8.42. The number of likely N-dealkylation sites (tertiary alicyclic amines) is 2. The molecule has 224 valence electrons. The molecule has 42 heavy (non-hydrogen) atoms. The van der Waals surface area contributed by atoms with Crippen molar-refractivity contribution in [2.45, 2.75) is 65.3 Å². The SMILES string of the molecule is CCNC(=O)c1nnc(-c2cc(C(C)C)c(O)cc2O)n1-c1ccc(CN2CCC(C(=O)N3CCCCC3)CC2)cc1. The van der Waals surface area contributed by atoms with Crippen LogP contribution in [0.25, 0.3) is 17.1 Å².